The van der Waals surface area contributed by atoms with Crippen molar-refractivity contribution in [2.24, 2.45) is 5.92 Å². The molecule has 1 amide bonds. The highest BCUT2D eigenvalue weighted by Gasteiger charge is 2.36. The minimum atomic E-state index is 0.0572. The molecular weight excluding hydrogens is 240 g/mol. The van der Waals surface area contributed by atoms with Crippen LogP contribution < -0.4 is 5.56 Å². The van der Waals surface area contributed by atoms with Crippen LogP contribution in [0.3, 0.4) is 0 Å². The van der Waals surface area contributed by atoms with E-state index in [4.69, 9.17) is 0 Å². The van der Waals surface area contributed by atoms with Gasteiger partial charge in [-0.25, -0.2) is 0 Å². The third-order valence-electron chi connectivity index (χ3n) is 4.47. The number of piperidine rings is 2. The molecule has 0 unspecified atom stereocenters. The molecule has 0 bridgehead atoms. The molecule has 102 valence electrons. The van der Waals surface area contributed by atoms with Gasteiger partial charge in [-0.15, -0.1) is 0 Å². The Balaban J connectivity index is 1.79. The molecule has 2 saturated heterocycles. The second kappa shape index (κ2) is 5.19. The van der Waals surface area contributed by atoms with Crippen LogP contribution in [0, 0.1) is 5.92 Å². The number of hydrogen-bond acceptors (Lipinski definition) is 2. The van der Waals surface area contributed by atoms with E-state index in [1.54, 1.807) is 16.7 Å². The SMILES string of the molecule is O=C1CC[C@@H](Cn2ccccc2=O)[C@H]2CCCCN12. The third-order valence-corrected chi connectivity index (χ3v) is 4.47. The molecular formula is C15H20N2O2. The van der Waals surface area contributed by atoms with E-state index in [-0.39, 0.29) is 5.56 Å². The van der Waals surface area contributed by atoms with E-state index in [0.29, 0.717) is 24.3 Å². The van der Waals surface area contributed by atoms with Gasteiger partial charge in [-0.2, -0.15) is 0 Å². The predicted octanol–water partition coefficient (Wildman–Crippen LogP) is 1.64. The van der Waals surface area contributed by atoms with Crippen LogP contribution in [0.15, 0.2) is 29.2 Å². The van der Waals surface area contributed by atoms with Crippen molar-refractivity contribution in [2.45, 2.75) is 44.7 Å². The minimum absolute atomic E-state index is 0.0572. The van der Waals surface area contributed by atoms with Gasteiger partial charge in [-0.05, 0) is 37.7 Å². The Labute approximate surface area is 113 Å². The molecule has 0 saturated carbocycles. The Bertz CT molecular complexity index is 523. The summed E-state index contributed by atoms with van der Waals surface area (Å²) in [6, 6.07) is 5.62. The molecule has 0 spiro atoms. The molecule has 2 aliphatic rings. The molecule has 2 atom stereocenters. The fourth-order valence-corrected chi connectivity index (χ4v) is 3.48. The topological polar surface area (TPSA) is 42.3 Å². The van der Waals surface area contributed by atoms with E-state index in [1.165, 1.54) is 6.42 Å². The smallest absolute Gasteiger partial charge is 0.250 e. The fourth-order valence-electron chi connectivity index (χ4n) is 3.48. The Hall–Kier alpha value is -1.58. The van der Waals surface area contributed by atoms with Gasteiger partial charge < -0.3 is 9.47 Å². The molecule has 3 heterocycles. The van der Waals surface area contributed by atoms with E-state index in [9.17, 15) is 9.59 Å². The number of fused-ring (bicyclic) bond motifs is 1. The van der Waals surface area contributed by atoms with Crippen molar-refractivity contribution in [3.63, 3.8) is 0 Å². The molecule has 0 aliphatic carbocycles. The van der Waals surface area contributed by atoms with Crippen molar-refractivity contribution in [3.05, 3.63) is 34.7 Å². The van der Waals surface area contributed by atoms with Crippen molar-refractivity contribution in [1.82, 2.24) is 9.47 Å². The fraction of sp³-hybridized carbons (Fsp3) is 0.600. The molecule has 0 radical (unpaired) electrons. The van der Waals surface area contributed by atoms with Gasteiger partial charge in [0.1, 0.15) is 0 Å². The number of nitrogens with zero attached hydrogens (tertiary/aromatic N) is 2. The van der Waals surface area contributed by atoms with Crippen LogP contribution in [-0.4, -0.2) is 28.0 Å². The first-order valence-electron chi connectivity index (χ1n) is 7.20. The van der Waals surface area contributed by atoms with Crippen LogP contribution in [0.25, 0.3) is 0 Å². The van der Waals surface area contributed by atoms with Crippen LogP contribution in [0.1, 0.15) is 32.1 Å². The third kappa shape index (κ3) is 2.44. The highest BCUT2D eigenvalue weighted by atomic mass is 16.2. The van der Waals surface area contributed by atoms with Crippen LogP contribution in [0.5, 0.6) is 0 Å². The van der Waals surface area contributed by atoms with Crippen molar-refractivity contribution >= 4 is 5.91 Å². The molecule has 2 fully saturated rings. The second-order valence-electron chi connectivity index (χ2n) is 5.64. The summed E-state index contributed by atoms with van der Waals surface area (Å²) in [6.45, 7) is 1.65. The molecule has 2 aliphatic heterocycles. The number of rotatable bonds is 2. The minimum Gasteiger partial charge on any atom is -0.339 e. The Morgan fingerprint density at radius 1 is 1.16 bits per heavy atom. The Morgan fingerprint density at radius 2 is 2.05 bits per heavy atom. The van der Waals surface area contributed by atoms with E-state index in [2.05, 4.69) is 4.90 Å². The number of carbonyl (C=O) groups is 1. The summed E-state index contributed by atoms with van der Waals surface area (Å²) in [5.74, 6) is 0.736. The summed E-state index contributed by atoms with van der Waals surface area (Å²) in [7, 11) is 0. The van der Waals surface area contributed by atoms with Gasteiger partial charge in [0.15, 0.2) is 0 Å². The molecule has 0 aromatic carbocycles. The van der Waals surface area contributed by atoms with Gasteiger partial charge in [0.25, 0.3) is 5.56 Å². The van der Waals surface area contributed by atoms with Gasteiger partial charge >= 0.3 is 0 Å². The van der Waals surface area contributed by atoms with Gasteiger partial charge in [0.2, 0.25) is 5.91 Å². The lowest BCUT2D eigenvalue weighted by molar-refractivity contribution is -0.141. The summed E-state index contributed by atoms with van der Waals surface area (Å²) in [6.07, 6.45) is 6.84. The summed E-state index contributed by atoms with van der Waals surface area (Å²) in [5, 5.41) is 0. The number of aromatic nitrogens is 1. The summed E-state index contributed by atoms with van der Waals surface area (Å²) >= 11 is 0. The summed E-state index contributed by atoms with van der Waals surface area (Å²) in [4.78, 5) is 25.8. The van der Waals surface area contributed by atoms with Crippen molar-refractivity contribution in [3.8, 4) is 0 Å². The second-order valence-corrected chi connectivity index (χ2v) is 5.64. The van der Waals surface area contributed by atoms with Crippen molar-refractivity contribution < 1.29 is 4.79 Å². The van der Waals surface area contributed by atoms with Gasteiger partial charge in [0.05, 0.1) is 0 Å². The average Bonchev–Trinajstić information content (AvgIpc) is 2.44. The number of carbonyl (C=O) groups excluding carboxylic acids is 1. The number of pyridine rings is 1. The predicted molar refractivity (Wildman–Crippen MR) is 72.8 cm³/mol. The molecule has 4 heteroatoms. The largest absolute Gasteiger partial charge is 0.339 e. The number of amides is 1. The first-order chi connectivity index (χ1) is 9.25. The maximum atomic E-state index is 12.0. The van der Waals surface area contributed by atoms with Gasteiger partial charge in [0, 0.05) is 37.8 Å². The number of hydrogen-bond donors (Lipinski definition) is 0. The van der Waals surface area contributed by atoms with E-state index >= 15 is 0 Å². The van der Waals surface area contributed by atoms with E-state index < -0.39 is 0 Å². The lowest BCUT2D eigenvalue weighted by atomic mass is 9.83. The van der Waals surface area contributed by atoms with Crippen molar-refractivity contribution in [1.29, 1.82) is 0 Å². The zero-order valence-corrected chi connectivity index (χ0v) is 11.1. The standard InChI is InChI=1S/C15H20N2O2/c18-14-6-2-3-9-16(14)11-12-7-8-15(19)17-10-4-1-5-13(12)17/h2-3,6,9,12-13H,1,4-5,7-8,10-11H2/t12-,13+/m0/s1. The lowest BCUT2D eigenvalue weighted by Gasteiger charge is -2.44. The van der Waals surface area contributed by atoms with Crippen molar-refractivity contribution in [2.75, 3.05) is 6.54 Å². The molecule has 0 N–H and O–H groups in total. The Morgan fingerprint density at radius 3 is 2.89 bits per heavy atom. The first-order valence-corrected chi connectivity index (χ1v) is 7.20. The van der Waals surface area contributed by atoms with Gasteiger partial charge in [-0.3, -0.25) is 9.59 Å². The Kier molecular flexibility index (Phi) is 3.40. The summed E-state index contributed by atoms with van der Waals surface area (Å²) in [5.41, 5.74) is 0.0572. The van der Waals surface area contributed by atoms with Crippen LogP contribution in [-0.2, 0) is 11.3 Å². The zero-order chi connectivity index (χ0) is 13.2. The maximum Gasteiger partial charge on any atom is 0.250 e. The van der Waals surface area contributed by atoms with Crippen LogP contribution in [0.4, 0.5) is 0 Å². The lowest BCUT2D eigenvalue weighted by Crippen LogP contribution is -2.52. The maximum absolute atomic E-state index is 12.0. The highest BCUT2D eigenvalue weighted by Crippen LogP contribution is 2.32. The van der Waals surface area contributed by atoms with Gasteiger partial charge in [-0.1, -0.05) is 6.07 Å². The zero-order valence-electron chi connectivity index (χ0n) is 11.1. The average molecular weight is 260 g/mol. The first kappa shape index (κ1) is 12.5. The van der Waals surface area contributed by atoms with E-state index in [0.717, 1.165) is 32.4 Å². The molecule has 19 heavy (non-hydrogen) atoms. The summed E-state index contributed by atoms with van der Waals surface area (Å²) < 4.78 is 1.78. The molecule has 3 rings (SSSR count). The highest BCUT2D eigenvalue weighted by molar-refractivity contribution is 5.77. The molecule has 4 nitrogen and oxygen atoms in total. The quantitative estimate of drug-likeness (QED) is 0.811. The normalized spacial score (nSPS) is 27.2. The monoisotopic (exact) mass is 260 g/mol. The van der Waals surface area contributed by atoms with E-state index in [1.807, 2.05) is 12.3 Å². The molecule has 1 aromatic rings. The van der Waals surface area contributed by atoms with Crippen LogP contribution >= 0.6 is 0 Å². The van der Waals surface area contributed by atoms with Crippen LogP contribution in [0.2, 0.25) is 0 Å². The molecule has 1 aromatic heterocycles.